The third-order valence-corrected chi connectivity index (χ3v) is 6.10. The van der Waals surface area contributed by atoms with Crippen molar-refractivity contribution in [2.75, 3.05) is 11.1 Å². The van der Waals surface area contributed by atoms with Gasteiger partial charge in [-0.2, -0.15) is 5.10 Å². The number of halogens is 2. The lowest BCUT2D eigenvalue weighted by Gasteiger charge is -2.08. The third kappa shape index (κ3) is 7.51. The maximum absolute atomic E-state index is 12.4. The second-order valence-electron chi connectivity index (χ2n) is 6.90. The van der Waals surface area contributed by atoms with E-state index in [1.807, 2.05) is 36.4 Å². The first-order chi connectivity index (χ1) is 15.4. The Morgan fingerprint density at radius 3 is 2.53 bits per heavy atom. The lowest BCUT2D eigenvalue weighted by Crippen LogP contribution is -2.21. The maximum Gasteiger partial charge on any atom is 0.255 e. The van der Waals surface area contributed by atoms with Crippen LogP contribution in [0.5, 0.6) is 0 Å². The summed E-state index contributed by atoms with van der Waals surface area (Å²) < 4.78 is 1.02. The van der Waals surface area contributed by atoms with Crippen LogP contribution >= 0.6 is 39.3 Å². The van der Waals surface area contributed by atoms with Gasteiger partial charge in [-0.15, -0.1) is 11.8 Å². The van der Waals surface area contributed by atoms with Gasteiger partial charge in [-0.1, -0.05) is 57.9 Å². The molecular formula is C24H21BrClN3O2S. The second-order valence-corrected chi connectivity index (χ2v) is 9.24. The van der Waals surface area contributed by atoms with Crippen LogP contribution < -0.4 is 10.7 Å². The van der Waals surface area contributed by atoms with Crippen molar-refractivity contribution in [2.45, 2.75) is 12.7 Å². The number of amides is 2. The molecule has 5 nitrogen and oxygen atoms in total. The van der Waals surface area contributed by atoms with Gasteiger partial charge in [-0.05, 0) is 60.5 Å². The van der Waals surface area contributed by atoms with Gasteiger partial charge in [0.1, 0.15) is 0 Å². The van der Waals surface area contributed by atoms with Crippen molar-refractivity contribution in [3.05, 3.63) is 99.0 Å². The average molecular weight is 531 g/mol. The normalized spacial score (nSPS) is 11.2. The minimum atomic E-state index is -0.255. The molecule has 0 saturated carbocycles. The summed E-state index contributed by atoms with van der Waals surface area (Å²) >= 11 is 10.9. The molecule has 0 unspecified atom stereocenters. The first kappa shape index (κ1) is 24.0. The summed E-state index contributed by atoms with van der Waals surface area (Å²) in [4.78, 5) is 24.5. The van der Waals surface area contributed by atoms with Crippen molar-refractivity contribution < 1.29 is 9.59 Å². The van der Waals surface area contributed by atoms with Gasteiger partial charge in [0.2, 0.25) is 5.91 Å². The van der Waals surface area contributed by atoms with E-state index in [4.69, 9.17) is 11.6 Å². The quantitative estimate of drug-likeness (QED) is 0.272. The van der Waals surface area contributed by atoms with Gasteiger partial charge < -0.3 is 5.32 Å². The fraction of sp³-hybridized carbons (Fsp3) is 0.125. The molecule has 0 spiro atoms. The smallest absolute Gasteiger partial charge is 0.255 e. The van der Waals surface area contributed by atoms with Crippen molar-refractivity contribution in [1.29, 1.82) is 0 Å². The van der Waals surface area contributed by atoms with Crippen LogP contribution in [-0.2, 0) is 10.5 Å². The van der Waals surface area contributed by atoms with Crippen LogP contribution in [0, 0.1) is 0 Å². The predicted molar refractivity (Wildman–Crippen MR) is 137 cm³/mol. The van der Waals surface area contributed by atoms with Gasteiger partial charge in [-0.3, -0.25) is 9.59 Å². The van der Waals surface area contributed by atoms with Gasteiger partial charge in [0.05, 0.1) is 11.5 Å². The molecule has 0 atom stereocenters. The summed E-state index contributed by atoms with van der Waals surface area (Å²) in [5.74, 6) is 0.618. The van der Waals surface area contributed by atoms with Crippen molar-refractivity contribution in [3.63, 3.8) is 0 Å². The molecule has 0 fully saturated rings. The van der Waals surface area contributed by atoms with Crippen molar-refractivity contribution in [2.24, 2.45) is 5.10 Å². The number of carbonyl (C=O) groups is 2. The Hall–Kier alpha value is -2.61. The zero-order valence-corrected chi connectivity index (χ0v) is 20.4. The highest BCUT2D eigenvalue weighted by molar-refractivity contribution is 9.10. The van der Waals surface area contributed by atoms with Gasteiger partial charge in [0.15, 0.2) is 0 Å². The van der Waals surface area contributed by atoms with Crippen LogP contribution in [0.15, 0.2) is 82.4 Å². The van der Waals surface area contributed by atoms with E-state index in [-0.39, 0.29) is 11.8 Å². The Morgan fingerprint density at radius 2 is 1.75 bits per heavy atom. The number of rotatable bonds is 8. The molecule has 8 heteroatoms. The summed E-state index contributed by atoms with van der Waals surface area (Å²) in [5.41, 5.74) is 6.25. The number of carbonyl (C=O) groups excluding carboxylic acids is 2. The number of thioether (sulfide) groups is 1. The molecule has 32 heavy (non-hydrogen) atoms. The number of nitrogens with one attached hydrogen (secondary N) is 2. The number of hydrazone groups is 1. The summed E-state index contributed by atoms with van der Waals surface area (Å²) in [6, 6.07) is 22.0. The summed E-state index contributed by atoms with van der Waals surface area (Å²) in [6.07, 6.45) is 0. The molecule has 164 valence electrons. The lowest BCUT2D eigenvalue weighted by atomic mass is 10.1. The molecule has 0 aliphatic rings. The Bertz CT molecular complexity index is 1150. The van der Waals surface area contributed by atoms with E-state index in [1.54, 1.807) is 43.3 Å². The predicted octanol–water partition coefficient (Wildman–Crippen LogP) is 6.13. The van der Waals surface area contributed by atoms with Crippen LogP contribution in [0.2, 0.25) is 5.02 Å². The fourth-order valence-electron chi connectivity index (χ4n) is 2.79. The third-order valence-electron chi connectivity index (χ3n) is 4.36. The first-order valence-corrected chi connectivity index (χ1v) is 12.1. The average Bonchev–Trinajstić information content (AvgIpc) is 2.77. The van der Waals surface area contributed by atoms with Crippen molar-refractivity contribution in [1.82, 2.24) is 5.43 Å². The number of hydrogen-bond acceptors (Lipinski definition) is 4. The fourth-order valence-corrected chi connectivity index (χ4v) is 4.19. The van der Waals surface area contributed by atoms with E-state index in [0.29, 0.717) is 27.7 Å². The molecule has 0 aliphatic carbocycles. The monoisotopic (exact) mass is 529 g/mol. The summed E-state index contributed by atoms with van der Waals surface area (Å²) in [5, 5.41) is 7.54. The first-order valence-electron chi connectivity index (χ1n) is 9.73. The highest BCUT2D eigenvalue weighted by Gasteiger charge is 2.08. The Labute approximate surface area is 204 Å². The van der Waals surface area contributed by atoms with Crippen molar-refractivity contribution >= 4 is 62.5 Å². The van der Waals surface area contributed by atoms with Crippen LogP contribution in [0.3, 0.4) is 0 Å². The SMILES string of the molecule is C/C(=N\NC(=O)CSCc1cccc(Br)c1)c1cccc(NC(=O)c2cccc(Cl)c2)c1. The van der Waals surface area contributed by atoms with Crippen LogP contribution in [0.4, 0.5) is 5.69 Å². The molecule has 3 rings (SSSR count). The topological polar surface area (TPSA) is 70.6 Å². The van der Waals surface area contributed by atoms with Crippen LogP contribution in [-0.4, -0.2) is 23.3 Å². The molecule has 0 radical (unpaired) electrons. The van der Waals surface area contributed by atoms with Gasteiger partial charge in [-0.25, -0.2) is 5.43 Å². The molecular weight excluding hydrogens is 510 g/mol. The Balaban J connectivity index is 1.53. The molecule has 0 aromatic heterocycles. The largest absolute Gasteiger partial charge is 0.322 e. The lowest BCUT2D eigenvalue weighted by molar-refractivity contribution is -0.118. The van der Waals surface area contributed by atoms with Crippen molar-refractivity contribution in [3.8, 4) is 0 Å². The van der Waals surface area contributed by atoms with E-state index in [1.165, 1.54) is 11.8 Å². The highest BCUT2D eigenvalue weighted by atomic mass is 79.9. The van der Waals surface area contributed by atoms with Gasteiger partial charge >= 0.3 is 0 Å². The standard InChI is InChI=1S/C24H21BrClN3O2S/c1-16(28-29-23(30)15-32-14-17-5-2-8-20(25)11-17)18-6-4-10-22(13-18)27-24(31)19-7-3-9-21(26)12-19/h2-13H,14-15H2,1H3,(H,27,31)(H,29,30)/b28-16+. The number of anilines is 1. The van der Waals surface area contributed by atoms with E-state index in [2.05, 4.69) is 31.8 Å². The van der Waals surface area contributed by atoms with E-state index in [0.717, 1.165) is 21.4 Å². The highest BCUT2D eigenvalue weighted by Crippen LogP contribution is 2.17. The molecule has 3 aromatic rings. The minimum absolute atomic E-state index is 0.172. The van der Waals surface area contributed by atoms with E-state index in [9.17, 15) is 9.59 Å². The molecule has 2 amide bonds. The molecule has 3 aromatic carbocycles. The maximum atomic E-state index is 12.4. The van der Waals surface area contributed by atoms with E-state index >= 15 is 0 Å². The van der Waals surface area contributed by atoms with Crippen LogP contribution in [0.25, 0.3) is 0 Å². The van der Waals surface area contributed by atoms with Gasteiger partial charge in [0, 0.05) is 26.5 Å². The number of benzene rings is 3. The Kier molecular flexibility index (Phi) is 8.90. The molecule has 2 N–H and O–H groups in total. The molecule has 0 aliphatic heterocycles. The number of hydrogen-bond donors (Lipinski definition) is 2. The number of nitrogens with zero attached hydrogens (tertiary/aromatic N) is 1. The summed E-state index contributed by atoms with van der Waals surface area (Å²) in [6.45, 7) is 1.80. The minimum Gasteiger partial charge on any atom is -0.322 e. The summed E-state index contributed by atoms with van der Waals surface area (Å²) in [7, 11) is 0. The molecule has 0 heterocycles. The molecule has 0 bridgehead atoms. The molecule has 0 saturated heterocycles. The van der Waals surface area contributed by atoms with E-state index < -0.39 is 0 Å². The van der Waals surface area contributed by atoms with Crippen LogP contribution in [0.1, 0.15) is 28.4 Å². The second kappa shape index (κ2) is 11.9. The Morgan fingerprint density at radius 1 is 1.00 bits per heavy atom. The zero-order chi connectivity index (χ0) is 22.9. The van der Waals surface area contributed by atoms with Gasteiger partial charge in [0.25, 0.3) is 5.91 Å². The zero-order valence-electron chi connectivity index (χ0n) is 17.3.